The molecule has 1 aromatic heterocycles. The Morgan fingerprint density at radius 2 is 1.91 bits per heavy atom. The Morgan fingerprint density at radius 1 is 1.12 bits per heavy atom. The average Bonchev–Trinajstić information content (AvgIpc) is 2.86. The first-order valence-corrected chi connectivity index (χ1v) is 12.5. The predicted molar refractivity (Wildman–Crippen MR) is 138 cm³/mol. The normalized spacial score (nSPS) is 19.4. The number of aliphatic hydroxyl groups is 1. The van der Waals surface area contributed by atoms with E-state index in [9.17, 15) is 5.11 Å². The molecule has 0 saturated heterocycles. The van der Waals surface area contributed by atoms with Crippen LogP contribution in [0.4, 0.5) is 17.3 Å². The minimum atomic E-state index is -0.137. The lowest BCUT2D eigenvalue weighted by Gasteiger charge is -2.35. The van der Waals surface area contributed by atoms with Crippen LogP contribution >= 0.6 is 0 Å². The molecule has 176 valence electrons. The van der Waals surface area contributed by atoms with Crippen molar-refractivity contribution in [2.45, 2.75) is 64.9 Å². The summed E-state index contributed by atoms with van der Waals surface area (Å²) in [6.45, 7) is 5.25. The molecule has 0 amide bonds. The Bertz CT molecular complexity index is 1050. The molecule has 1 aliphatic rings. The quantitative estimate of drug-likeness (QED) is 0.394. The van der Waals surface area contributed by atoms with Crippen LogP contribution < -0.4 is 10.2 Å². The van der Waals surface area contributed by atoms with Gasteiger partial charge in [0.2, 0.25) is 5.95 Å². The summed E-state index contributed by atoms with van der Waals surface area (Å²) in [5, 5.41) is 14.9. The zero-order valence-electron chi connectivity index (χ0n) is 20.3. The van der Waals surface area contributed by atoms with Gasteiger partial charge < -0.3 is 15.3 Å². The van der Waals surface area contributed by atoms with Crippen LogP contribution in [-0.2, 0) is 0 Å². The van der Waals surface area contributed by atoms with Gasteiger partial charge in [-0.25, -0.2) is 9.97 Å². The van der Waals surface area contributed by atoms with Crippen LogP contribution in [-0.4, -0.2) is 34.8 Å². The van der Waals surface area contributed by atoms with Gasteiger partial charge in [0.05, 0.1) is 11.6 Å². The first kappa shape index (κ1) is 23.5. The number of nitrogens with zero attached hydrogens (tertiary/aromatic N) is 3. The van der Waals surface area contributed by atoms with Crippen LogP contribution in [0.5, 0.6) is 0 Å². The van der Waals surface area contributed by atoms with Crippen molar-refractivity contribution < 1.29 is 5.11 Å². The summed E-state index contributed by atoms with van der Waals surface area (Å²) < 4.78 is 0. The third-order valence-corrected chi connectivity index (χ3v) is 7.22. The number of unbranched alkanes of at least 4 members (excludes halogenated alkanes) is 1. The minimum absolute atomic E-state index is 0.137. The number of anilines is 3. The largest absolute Gasteiger partial charge is 0.393 e. The van der Waals surface area contributed by atoms with E-state index in [2.05, 4.69) is 54.4 Å². The van der Waals surface area contributed by atoms with E-state index in [1.807, 2.05) is 25.4 Å². The molecule has 0 bridgehead atoms. The molecule has 1 aliphatic carbocycles. The van der Waals surface area contributed by atoms with Crippen LogP contribution in [0.25, 0.3) is 10.9 Å². The van der Waals surface area contributed by atoms with Gasteiger partial charge in [0.1, 0.15) is 0 Å². The van der Waals surface area contributed by atoms with Gasteiger partial charge in [-0.05, 0) is 80.7 Å². The summed E-state index contributed by atoms with van der Waals surface area (Å²) in [4.78, 5) is 12.0. The molecule has 33 heavy (non-hydrogen) atoms. The fourth-order valence-electron chi connectivity index (χ4n) is 5.16. The molecular weight excluding hydrogens is 408 g/mol. The Hall–Kier alpha value is -2.66. The Kier molecular flexibility index (Phi) is 7.81. The molecule has 1 heterocycles. The second kappa shape index (κ2) is 11.0. The van der Waals surface area contributed by atoms with E-state index in [4.69, 9.17) is 9.97 Å². The van der Waals surface area contributed by atoms with E-state index in [0.717, 1.165) is 79.7 Å². The summed E-state index contributed by atoms with van der Waals surface area (Å²) in [5.74, 6) is 1.78. The van der Waals surface area contributed by atoms with E-state index < -0.39 is 0 Å². The third-order valence-electron chi connectivity index (χ3n) is 7.22. The number of aryl methyl sites for hydroxylation is 1. The van der Waals surface area contributed by atoms with Gasteiger partial charge in [-0.15, -0.1) is 0 Å². The molecule has 0 aliphatic heterocycles. The molecule has 2 N–H and O–H groups in total. The monoisotopic (exact) mass is 446 g/mol. The molecule has 3 aromatic rings. The highest BCUT2D eigenvalue weighted by Gasteiger charge is 2.28. The van der Waals surface area contributed by atoms with Crippen molar-refractivity contribution in [3.63, 3.8) is 0 Å². The van der Waals surface area contributed by atoms with Gasteiger partial charge in [0, 0.05) is 36.6 Å². The van der Waals surface area contributed by atoms with Gasteiger partial charge in [-0.1, -0.05) is 38.0 Å². The van der Waals surface area contributed by atoms with Gasteiger partial charge in [0.15, 0.2) is 0 Å². The summed E-state index contributed by atoms with van der Waals surface area (Å²) in [6.07, 6.45) is 9.52. The SMILES string of the molecule is CCCCC(O)[C@H]1CC[C@H](CN(c2ncc3ccccc3n2)c2ccc(NC)cc2C)CC1. The van der Waals surface area contributed by atoms with Gasteiger partial charge in [-0.3, -0.25) is 0 Å². The number of rotatable bonds is 9. The fourth-order valence-corrected chi connectivity index (χ4v) is 5.16. The molecule has 0 radical (unpaired) electrons. The van der Waals surface area contributed by atoms with Crippen molar-refractivity contribution in [3.05, 3.63) is 54.2 Å². The van der Waals surface area contributed by atoms with Crippen LogP contribution in [0.2, 0.25) is 0 Å². The maximum absolute atomic E-state index is 10.6. The molecule has 1 unspecified atom stereocenters. The van der Waals surface area contributed by atoms with Crippen LogP contribution in [0, 0.1) is 18.8 Å². The van der Waals surface area contributed by atoms with Crippen LogP contribution in [0.15, 0.2) is 48.7 Å². The van der Waals surface area contributed by atoms with Gasteiger partial charge in [-0.2, -0.15) is 0 Å². The number of hydrogen-bond acceptors (Lipinski definition) is 5. The summed E-state index contributed by atoms with van der Waals surface area (Å²) in [7, 11) is 1.95. The topological polar surface area (TPSA) is 61.3 Å². The zero-order chi connectivity index (χ0) is 23.2. The summed E-state index contributed by atoms with van der Waals surface area (Å²) in [6, 6.07) is 14.7. The number of nitrogens with one attached hydrogen (secondary N) is 1. The molecule has 5 nitrogen and oxygen atoms in total. The highest BCUT2D eigenvalue weighted by Crippen LogP contribution is 2.36. The van der Waals surface area contributed by atoms with E-state index in [1.54, 1.807) is 0 Å². The smallest absolute Gasteiger partial charge is 0.230 e. The number of aliphatic hydroxyl groups excluding tert-OH is 1. The average molecular weight is 447 g/mol. The second-order valence-electron chi connectivity index (χ2n) is 9.58. The minimum Gasteiger partial charge on any atom is -0.393 e. The van der Waals surface area contributed by atoms with Crippen molar-refractivity contribution in [2.24, 2.45) is 11.8 Å². The fraction of sp³-hybridized carbons (Fsp3) is 0.500. The molecule has 1 atom stereocenters. The molecule has 0 spiro atoms. The molecular formula is C28H38N4O. The number of para-hydroxylation sites is 1. The van der Waals surface area contributed by atoms with E-state index in [1.165, 1.54) is 5.56 Å². The molecule has 4 rings (SSSR count). The Balaban J connectivity index is 1.56. The van der Waals surface area contributed by atoms with Crippen molar-refractivity contribution in [1.82, 2.24) is 9.97 Å². The number of aromatic nitrogens is 2. The standard InChI is InChI=1S/C28H38N4O/c1-4-5-10-27(33)22-13-11-21(12-14-22)19-32(26-16-15-24(29-3)17-20(26)2)28-30-18-23-8-6-7-9-25(23)31-28/h6-9,15-18,21-22,27,29,33H,4-5,10-14,19H2,1-3H3/t21-,22-,27?. The van der Waals surface area contributed by atoms with E-state index in [0.29, 0.717) is 11.8 Å². The molecule has 1 fully saturated rings. The lowest BCUT2D eigenvalue weighted by molar-refractivity contribution is 0.0659. The van der Waals surface area contributed by atoms with E-state index in [-0.39, 0.29) is 6.10 Å². The van der Waals surface area contributed by atoms with Crippen molar-refractivity contribution >= 4 is 28.2 Å². The lowest BCUT2D eigenvalue weighted by Crippen LogP contribution is -2.32. The first-order valence-electron chi connectivity index (χ1n) is 12.5. The third kappa shape index (κ3) is 5.64. The van der Waals surface area contributed by atoms with Gasteiger partial charge >= 0.3 is 0 Å². The zero-order valence-corrected chi connectivity index (χ0v) is 20.3. The van der Waals surface area contributed by atoms with Crippen LogP contribution in [0.1, 0.15) is 57.4 Å². The lowest BCUT2D eigenvalue weighted by atomic mass is 9.78. The molecule has 5 heteroatoms. The highest BCUT2D eigenvalue weighted by atomic mass is 16.3. The predicted octanol–water partition coefficient (Wildman–Crippen LogP) is 6.48. The number of fused-ring (bicyclic) bond motifs is 1. The Labute approximate surface area is 198 Å². The number of benzene rings is 2. The Morgan fingerprint density at radius 3 is 2.64 bits per heavy atom. The van der Waals surface area contributed by atoms with E-state index >= 15 is 0 Å². The van der Waals surface area contributed by atoms with Crippen LogP contribution in [0.3, 0.4) is 0 Å². The maximum atomic E-state index is 10.6. The van der Waals surface area contributed by atoms with Crippen molar-refractivity contribution in [2.75, 3.05) is 23.8 Å². The van der Waals surface area contributed by atoms with Crippen molar-refractivity contribution in [1.29, 1.82) is 0 Å². The summed E-state index contributed by atoms with van der Waals surface area (Å²) >= 11 is 0. The number of hydrogen-bond donors (Lipinski definition) is 2. The highest BCUT2D eigenvalue weighted by molar-refractivity contribution is 5.79. The van der Waals surface area contributed by atoms with Gasteiger partial charge in [0.25, 0.3) is 0 Å². The first-order chi connectivity index (χ1) is 16.1. The summed E-state index contributed by atoms with van der Waals surface area (Å²) in [5.41, 5.74) is 4.45. The van der Waals surface area contributed by atoms with Crippen molar-refractivity contribution in [3.8, 4) is 0 Å². The molecule has 1 saturated carbocycles. The molecule has 2 aromatic carbocycles. The maximum Gasteiger partial charge on any atom is 0.230 e. The second-order valence-corrected chi connectivity index (χ2v) is 9.58.